The van der Waals surface area contributed by atoms with Crippen LogP contribution in [0.15, 0.2) is 36.4 Å². The number of rotatable bonds is 4. The van der Waals surface area contributed by atoms with E-state index in [0.29, 0.717) is 24.7 Å². The normalized spacial score (nSPS) is 11.9. The van der Waals surface area contributed by atoms with Gasteiger partial charge in [-0.1, -0.05) is 35.3 Å². The second kappa shape index (κ2) is 7.67. The summed E-state index contributed by atoms with van der Waals surface area (Å²) in [5.74, 6) is -0.261. The first-order chi connectivity index (χ1) is 11.2. The lowest BCUT2D eigenvalue weighted by Gasteiger charge is -2.26. The fourth-order valence-electron chi connectivity index (χ4n) is 2.20. The van der Waals surface area contributed by atoms with E-state index in [2.05, 4.69) is 0 Å². The molecule has 0 aromatic heterocycles. The SMILES string of the molecule is CC(c1cccc([N+](=O)[O-])c1)N(C)C(=O)c1cc(Cl)cc(Cl)c1I. The van der Waals surface area contributed by atoms with Crippen molar-refractivity contribution in [2.75, 3.05) is 7.05 Å². The first-order valence-electron chi connectivity index (χ1n) is 6.88. The average molecular weight is 479 g/mol. The maximum Gasteiger partial charge on any atom is 0.269 e. The number of hydrogen-bond donors (Lipinski definition) is 0. The summed E-state index contributed by atoms with van der Waals surface area (Å²) in [5.41, 5.74) is 1.05. The highest BCUT2D eigenvalue weighted by Gasteiger charge is 2.23. The lowest BCUT2D eigenvalue weighted by Crippen LogP contribution is -2.30. The van der Waals surface area contributed by atoms with Crippen LogP contribution in [0.4, 0.5) is 5.69 Å². The second-order valence-electron chi connectivity index (χ2n) is 5.19. The number of nitro groups is 1. The quantitative estimate of drug-likeness (QED) is 0.258. The van der Waals surface area contributed by atoms with Crippen molar-refractivity contribution in [2.45, 2.75) is 13.0 Å². The van der Waals surface area contributed by atoms with E-state index in [4.69, 9.17) is 23.2 Å². The molecule has 0 aliphatic heterocycles. The van der Waals surface area contributed by atoms with Crippen molar-refractivity contribution in [1.82, 2.24) is 4.90 Å². The predicted octanol–water partition coefficient (Wildman–Crippen LogP) is 5.34. The number of amides is 1. The summed E-state index contributed by atoms with van der Waals surface area (Å²) in [6, 6.07) is 9.01. The Bertz CT molecular complexity index is 814. The summed E-state index contributed by atoms with van der Waals surface area (Å²) in [6.07, 6.45) is 0. The first kappa shape index (κ1) is 19.0. The molecule has 2 aromatic rings. The molecule has 0 aliphatic rings. The molecule has 0 fully saturated rings. The molecule has 8 heteroatoms. The van der Waals surface area contributed by atoms with Crippen LogP contribution in [0.25, 0.3) is 0 Å². The number of nitrogens with zero attached hydrogens (tertiary/aromatic N) is 2. The van der Waals surface area contributed by atoms with Crippen LogP contribution < -0.4 is 0 Å². The highest BCUT2D eigenvalue weighted by molar-refractivity contribution is 14.1. The molecule has 0 bridgehead atoms. The molecule has 1 unspecified atom stereocenters. The van der Waals surface area contributed by atoms with Crippen molar-refractivity contribution in [3.8, 4) is 0 Å². The van der Waals surface area contributed by atoms with Gasteiger partial charge in [0.1, 0.15) is 0 Å². The van der Waals surface area contributed by atoms with Crippen molar-refractivity contribution in [3.63, 3.8) is 0 Å². The van der Waals surface area contributed by atoms with Crippen LogP contribution >= 0.6 is 45.8 Å². The Labute approximate surface area is 162 Å². The summed E-state index contributed by atoms with van der Waals surface area (Å²) in [6.45, 7) is 1.80. The van der Waals surface area contributed by atoms with Crippen LogP contribution in [-0.4, -0.2) is 22.8 Å². The molecule has 0 saturated carbocycles. The summed E-state index contributed by atoms with van der Waals surface area (Å²) in [4.78, 5) is 24.7. The van der Waals surface area contributed by atoms with E-state index < -0.39 is 4.92 Å². The highest BCUT2D eigenvalue weighted by atomic mass is 127. The Morgan fingerprint density at radius 3 is 2.58 bits per heavy atom. The van der Waals surface area contributed by atoms with Gasteiger partial charge in [-0.15, -0.1) is 0 Å². The molecule has 5 nitrogen and oxygen atoms in total. The maximum absolute atomic E-state index is 12.8. The van der Waals surface area contributed by atoms with Crippen molar-refractivity contribution in [2.24, 2.45) is 0 Å². The lowest BCUT2D eigenvalue weighted by atomic mass is 10.1. The molecule has 0 radical (unpaired) electrons. The minimum absolute atomic E-state index is 0.0134. The van der Waals surface area contributed by atoms with Crippen molar-refractivity contribution < 1.29 is 9.72 Å². The number of benzene rings is 2. The third-order valence-corrected chi connectivity index (χ3v) is 5.69. The summed E-state index contributed by atoms with van der Waals surface area (Å²) < 4.78 is 0.613. The van der Waals surface area contributed by atoms with Crippen molar-refractivity contribution in [3.05, 3.63) is 71.3 Å². The van der Waals surface area contributed by atoms with Gasteiger partial charge < -0.3 is 4.90 Å². The molecule has 24 heavy (non-hydrogen) atoms. The van der Waals surface area contributed by atoms with E-state index in [1.807, 2.05) is 22.6 Å². The smallest absolute Gasteiger partial charge is 0.269 e. The Balaban J connectivity index is 2.34. The molecule has 0 aliphatic carbocycles. The molecular formula is C16H13Cl2IN2O3. The summed E-state index contributed by atoms with van der Waals surface area (Å²) >= 11 is 14.1. The Kier molecular flexibility index (Phi) is 6.06. The van der Waals surface area contributed by atoms with Crippen molar-refractivity contribution >= 4 is 57.4 Å². The van der Waals surface area contributed by atoms with Crippen LogP contribution in [0, 0.1) is 13.7 Å². The molecule has 0 heterocycles. The first-order valence-corrected chi connectivity index (χ1v) is 8.72. The Hall–Kier alpha value is -1.38. The molecule has 0 N–H and O–H groups in total. The second-order valence-corrected chi connectivity index (χ2v) is 7.12. The van der Waals surface area contributed by atoms with Crippen LogP contribution in [0.5, 0.6) is 0 Å². The Morgan fingerprint density at radius 2 is 1.96 bits per heavy atom. The molecule has 2 rings (SSSR count). The maximum atomic E-state index is 12.8. The highest BCUT2D eigenvalue weighted by Crippen LogP contribution is 2.30. The minimum atomic E-state index is -0.461. The van der Waals surface area contributed by atoms with Crippen LogP contribution in [0.2, 0.25) is 10.0 Å². The number of nitro benzene ring substituents is 1. The summed E-state index contributed by atoms with van der Waals surface area (Å²) in [5, 5.41) is 11.7. The molecule has 1 atom stereocenters. The van der Waals surface area contributed by atoms with E-state index in [1.54, 1.807) is 38.2 Å². The number of carbonyl (C=O) groups excluding carboxylic acids is 1. The third-order valence-electron chi connectivity index (χ3n) is 3.69. The van der Waals surface area contributed by atoms with E-state index in [0.717, 1.165) is 0 Å². The average Bonchev–Trinajstić information content (AvgIpc) is 2.56. The van der Waals surface area contributed by atoms with Gasteiger partial charge >= 0.3 is 0 Å². The van der Waals surface area contributed by atoms with Gasteiger partial charge in [0.25, 0.3) is 11.6 Å². The molecule has 2 aromatic carbocycles. The number of carbonyl (C=O) groups is 1. The third kappa shape index (κ3) is 3.99. The van der Waals surface area contributed by atoms with Crippen molar-refractivity contribution in [1.29, 1.82) is 0 Å². The minimum Gasteiger partial charge on any atom is -0.335 e. The van der Waals surface area contributed by atoms with Crippen LogP contribution in [0.3, 0.4) is 0 Å². The topological polar surface area (TPSA) is 63.5 Å². The van der Waals surface area contributed by atoms with Gasteiger partial charge in [0, 0.05) is 27.8 Å². The number of non-ortho nitro benzene ring substituents is 1. The number of halogens is 3. The fraction of sp³-hybridized carbons (Fsp3) is 0.188. The summed E-state index contributed by atoms with van der Waals surface area (Å²) in [7, 11) is 1.64. The molecule has 0 spiro atoms. The van der Waals surface area contributed by atoms with E-state index in [9.17, 15) is 14.9 Å². The van der Waals surface area contributed by atoms with E-state index in [1.165, 1.54) is 17.0 Å². The predicted molar refractivity (Wildman–Crippen MR) is 103 cm³/mol. The number of hydrogen-bond acceptors (Lipinski definition) is 3. The van der Waals surface area contributed by atoms with E-state index in [-0.39, 0.29) is 17.6 Å². The zero-order chi connectivity index (χ0) is 18.0. The van der Waals surface area contributed by atoms with Gasteiger partial charge in [-0.05, 0) is 47.2 Å². The molecular weight excluding hydrogens is 466 g/mol. The van der Waals surface area contributed by atoms with Gasteiger partial charge in [-0.25, -0.2) is 0 Å². The van der Waals surface area contributed by atoms with Gasteiger partial charge in [0.2, 0.25) is 0 Å². The molecule has 0 saturated heterocycles. The lowest BCUT2D eigenvalue weighted by molar-refractivity contribution is -0.384. The van der Waals surface area contributed by atoms with Crippen LogP contribution in [0.1, 0.15) is 28.9 Å². The monoisotopic (exact) mass is 478 g/mol. The zero-order valence-corrected chi connectivity index (χ0v) is 16.5. The zero-order valence-electron chi connectivity index (χ0n) is 12.8. The molecule has 126 valence electrons. The van der Waals surface area contributed by atoms with Gasteiger partial charge in [-0.2, -0.15) is 0 Å². The van der Waals surface area contributed by atoms with Crippen LogP contribution in [-0.2, 0) is 0 Å². The van der Waals surface area contributed by atoms with Gasteiger partial charge in [0.05, 0.1) is 21.6 Å². The molecule has 1 amide bonds. The van der Waals surface area contributed by atoms with Gasteiger partial charge in [0.15, 0.2) is 0 Å². The fourth-order valence-corrected chi connectivity index (χ4v) is 3.23. The largest absolute Gasteiger partial charge is 0.335 e. The van der Waals surface area contributed by atoms with E-state index >= 15 is 0 Å². The Morgan fingerprint density at radius 1 is 1.29 bits per heavy atom. The standard InChI is InChI=1S/C16H13Cl2IN2O3/c1-9(10-4-3-5-12(6-10)21(23)24)20(2)16(22)13-7-11(17)8-14(18)15(13)19/h3-9H,1-2H3. The van der Waals surface area contributed by atoms with Gasteiger partial charge in [-0.3, -0.25) is 14.9 Å².